The summed E-state index contributed by atoms with van der Waals surface area (Å²) in [6, 6.07) is 7.71. The van der Waals surface area contributed by atoms with Crippen molar-refractivity contribution < 1.29 is 4.79 Å². The second-order valence-electron chi connectivity index (χ2n) is 5.29. The summed E-state index contributed by atoms with van der Waals surface area (Å²) in [5.41, 5.74) is 2.19. The van der Waals surface area contributed by atoms with Crippen LogP contribution in [0, 0.1) is 0 Å². The number of benzene rings is 1. The predicted molar refractivity (Wildman–Crippen MR) is 84.1 cm³/mol. The number of hydrogen-bond donors (Lipinski definition) is 2. The van der Waals surface area contributed by atoms with Gasteiger partial charge in [-0.2, -0.15) is 0 Å². The smallest absolute Gasteiger partial charge is 0.275 e. The summed E-state index contributed by atoms with van der Waals surface area (Å²) in [5, 5.41) is 6.13. The highest BCUT2D eigenvalue weighted by atomic mass is 16.1. The van der Waals surface area contributed by atoms with Crippen LogP contribution in [-0.4, -0.2) is 36.1 Å². The number of amides is 1. The normalized spacial score (nSPS) is 13.2. The topological polar surface area (TPSA) is 62.2 Å². The van der Waals surface area contributed by atoms with Crippen LogP contribution in [0.3, 0.4) is 0 Å². The Hall–Kier alpha value is -2.50. The van der Waals surface area contributed by atoms with Crippen LogP contribution in [0.4, 0.5) is 17.3 Å². The molecule has 2 heterocycles. The molecule has 0 radical (unpaired) electrons. The third-order valence-electron chi connectivity index (χ3n) is 3.50. The van der Waals surface area contributed by atoms with E-state index in [1.165, 1.54) is 0 Å². The first kappa shape index (κ1) is 13.5. The Morgan fingerprint density at radius 3 is 2.95 bits per heavy atom. The molecule has 110 valence electrons. The molecular formula is C15H19N5O. The number of nitrogens with zero attached hydrogens (tertiary/aromatic N) is 3. The van der Waals surface area contributed by atoms with E-state index in [-0.39, 0.29) is 5.91 Å². The molecule has 0 aliphatic carbocycles. The maximum absolute atomic E-state index is 12.4. The van der Waals surface area contributed by atoms with E-state index in [0.717, 1.165) is 36.8 Å². The summed E-state index contributed by atoms with van der Waals surface area (Å²) in [5.74, 6) is 0.584. The van der Waals surface area contributed by atoms with Crippen LogP contribution in [0.2, 0.25) is 0 Å². The summed E-state index contributed by atoms with van der Waals surface area (Å²) in [7, 11) is 3.90. The lowest BCUT2D eigenvalue weighted by Gasteiger charge is -2.17. The number of hydrogen-bond acceptors (Lipinski definition) is 4. The van der Waals surface area contributed by atoms with Crippen molar-refractivity contribution in [1.82, 2.24) is 9.55 Å². The molecule has 1 aliphatic heterocycles. The summed E-state index contributed by atoms with van der Waals surface area (Å²) in [4.78, 5) is 18.7. The predicted octanol–water partition coefficient (Wildman–Crippen LogP) is 2.02. The molecule has 0 unspecified atom stereocenters. The molecule has 1 aromatic carbocycles. The number of fused-ring (bicyclic) bond motifs is 1. The minimum absolute atomic E-state index is 0.187. The number of carbonyl (C=O) groups excluding carboxylic acids is 1. The van der Waals surface area contributed by atoms with Gasteiger partial charge in [-0.1, -0.05) is 12.1 Å². The van der Waals surface area contributed by atoms with E-state index in [4.69, 9.17) is 0 Å². The van der Waals surface area contributed by atoms with Gasteiger partial charge in [-0.25, -0.2) is 4.98 Å². The van der Waals surface area contributed by atoms with Crippen molar-refractivity contribution in [2.75, 3.05) is 36.2 Å². The van der Waals surface area contributed by atoms with Crippen molar-refractivity contribution in [3.05, 3.63) is 36.2 Å². The molecule has 0 saturated carbocycles. The van der Waals surface area contributed by atoms with Gasteiger partial charge >= 0.3 is 0 Å². The molecule has 0 fully saturated rings. The SMILES string of the molecule is CN(C)c1ccccc1NC(=O)c1cn2c(n1)NCCC2. The van der Waals surface area contributed by atoms with Crippen LogP contribution < -0.4 is 15.5 Å². The van der Waals surface area contributed by atoms with Crippen LogP contribution in [-0.2, 0) is 6.54 Å². The quantitative estimate of drug-likeness (QED) is 0.905. The first-order valence-corrected chi connectivity index (χ1v) is 7.04. The van der Waals surface area contributed by atoms with Crippen LogP contribution in [0.1, 0.15) is 16.9 Å². The Labute approximate surface area is 123 Å². The van der Waals surface area contributed by atoms with Gasteiger partial charge in [-0.3, -0.25) is 4.79 Å². The number of aryl methyl sites for hydroxylation is 1. The van der Waals surface area contributed by atoms with E-state index < -0.39 is 0 Å². The molecule has 2 N–H and O–H groups in total. The van der Waals surface area contributed by atoms with Crippen molar-refractivity contribution in [1.29, 1.82) is 0 Å². The Kier molecular flexibility index (Phi) is 3.51. The van der Waals surface area contributed by atoms with Gasteiger partial charge in [-0.05, 0) is 18.6 Å². The van der Waals surface area contributed by atoms with E-state index in [0.29, 0.717) is 5.69 Å². The molecule has 0 saturated heterocycles. The van der Waals surface area contributed by atoms with Crippen LogP contribution in [0.25, 0.3) is 0 Å². The number of nitrogens with one attached hydrogen (secondary N) is 2. The highest BCUT2D eigenvalue weighted by molar-refractivity contribution is 6.04. The maximum Gasteiger partial charge on any atom is 0.275 e. The van der Waals surface area contributed by atoms with Gasteiger partial charge in [0.25, 0.3) is 5.91 Å². The largest absolute Gasteiger partial charge is 0.376 e. The fraction of sp³-hybridized carbons (Fsp3) is 0.333. The minimum Gasteiger partial charge on any atom is -0.376 e. The summed E-state index contributed by atoms with van der Waals surface area (Å²) in [6.07, 6.45) is 2.85. The lowest BCUT2D eigenvalue weighted by molar-refractivity contribution is 0.102. The molecule has 1 aliphatic rings. The Bertz CT molecular complexity index is 638. The molecule has 3 rings (SSSR count). The molecule has 6 heteroatoms. The molecule has 0 spiro atoms. The average Bonchev–Trinajstić information content (AvgIpc) is 2.91. The molecule has 21 heavy (non-hydrogen) atoms. The number of rotatable bonds is 3. The number of carbonyl (C=O) groups is 1. The monoisotopic (exact) mass is 285 g/mol. The second-order valence-corrected chi connectivity index (χ2v) is 5.29. The van der Waals surface area contributed by atoms with Crippen molar-refractivity contribution in [3.8, 4) is 0 Å². The van der Waals surface area contributed by atoms with Gasteiger partial charge in [0.15, 0.2) is 0 Å². The van der Waals surface area contributed by atoms with Crippen molar-refractivity contribution >= 4 is 23.2 Å². The molecule has 0 atom stereocenters. The molecule has 6 nitrogen and oxygen atoms in total. The summed E-state index contributed by atoms with van der Waals surface area (Å²) >= 11 is 0. The first-order chi connectivity index (χ1) is 10.1. The van der Waals surface area contributed by atoms with Gasteiger partial charge in [0.05, 0.1) is 11.4 Å². The van der Waals surface area contributed by atoms with E-state index in [2.05, 4.69) is 15.6 Å². The van der Waals surface area contributed by atoms with E-state index in [9.17, 15) is 4.79 Å². The van der Waals surface area contributed by atoms with E-state index in [1.807, 2.05) is 47.8 Å². The Morgan fingerprint density at radius 1 is 1.38 bits per heavy atom. The zero-order valence-corrected chi connectivity index (χ0v) is 12.3. The maximum atomic E-state index is 12.4. The zero-order chi connectivity index (χ0) is 14.8. The molecule has 2 aromatic rings. The molecule has 1 amide bonds. The lowest BCUT2D eigenvalue weighted by Crippen LogP contribution is -2.17. The lowest BCUT2D eigenvalue weighted by atomic mass is 10.2. The third-order valence-corrected chi connectivity index (χ3v) is 3.50. The summed E-state index contributed by atoms with van der Waals surface area (Å²) in [6.45, 7) is 1.80. The second kappa shape index (κ2) is 5.47. The van der Waals surface area contributed by atoms with Gasteiger partial charge in [-0.15, -0.1) is 0 Å². The van der Waals surface area contributed by atoms with E-state index in [1.54, 1.807) is 6.20 Å². The van der Waals surface area contributed by atoms with Gasteiger partial charge in [0.1, 0.15) is 5.69 Å². The zero-order valence-electron chi connectivity index (χ0n) is 12.3. The van der Waals surface area contributed by atoms with Crippen LogP contribution in [0.5, 0.6) is 0 Å². The van der Waals surface area contributed by atoms with E-state index >= 15 is 0 Å². The molecule has 1 aromatic heterocycles. The van der Waals surface area contributed by atoms with Gasteiger partial charge < -0.3 is 20.1 Å². The highest BCUT2D eigenvalue weighted by Gasteiger charge is 2.17. The van der Waals surface area contributed by atoms with Gasteiger partial charge in [0.2, 0.25) is 5.95 Å². The minimum atomic E-state index is -0.187. The van der Waals surface area contributed by atoms with Crippen molar-refractivity contribution in [3.63, 3.8) is 0 Å². The Balaban J connectivity index is 1.82. The average molecular weight is 285 g/mol. The van der Waals surface area contributed by atoms with Crippen molar-refractivity contribution in [2.24, 2.45) is 0 Å². The fourth-order valence-corrected chi connectivity index (χ4v) is 2.44. The molecular weight excluding hydrogens is 266 g/mol. The third kappa shape index (κ3) is 2.69. The number of anilines is 3. The van der Waals surface area contributed by atoms with Gasteiger partial charge in [0, 0.05) is 33.4 Å². The van der Waals surface area contributed by atoms with Crippen molar-refractivity contribution in [2.45, 2.75) is 13.0 Å². The van der Waals surface area contributed by atoms with Crippen LogP contribution in [0.15, 0.2) is 30.5 Å². The highest BCUT2D eigenvalue weighted by Crippen LogP contribution is 2.24. The standard InChI is InChI=1S/C15H19N5O/c1-19(2)13-7-4-3-6-11(13)17-14(21)12-10-20-9-5-8-16-15(20)18-12/h3-4,6-7,10H,5,8-9H2,1-2H3,(H,16,18)(H,17,21). The number of aromatic nitrogens is 2. The fourth-order valence-electron chi connectivity index (χ4n) is 2.44. The van der Waals surface area contributed by atoms with Crippen LogP contribution >= 0.6 is 0 Å². The Morgan fingerprint density at radius 2 is 2.19 bits per heavy atom. The summed E-state index contributed by atoms with van der Waals surface area (Å²) < 4.78 is 1.98. The number of imidazole rings is 1. The number of para-hydroxylation sites is 2. The first-order valence-electron chi connectivity index (χ1n) is 7.04. The molecule has 0 bridgehead atoms.